The molecular weight excluding hydrogens is 268 g/mol. The first-order valence-corrected chi connectivity index (χ1v) is 7.73. The van der Waals surface area contributed by atoms with Crippen LogP contribution in [0.4, 0.5) is 5.69 Å². The molecule has 0 aliphatic rings. The van der Waals surface area contributed by atoms with Gasteiger partial charge in [0.1, 0.15) is 0 Å². The summed E-state index contributed by atoms with van der Waals surface area (Å²) in [5, 5.41) is 8.28. The minimum atomic E-state index is -0.0162. The maximum absolute atomic E-state index is 12.2. The van der Waals surface area contributed by atoms with Crippen molar-refractivity contribution in [2.75, 3.05) is 18.4 Å². The van der Waals surface area contributed by atoms with Crippen LogP contribution in [-0.4, -0.2) is 19.0 Å². The molecule has 1 aromatic heterocycles. The first kappa shape index (κ1) is 14.6. The van der Waals surface area contributed by atoms with Crippen molar-refractivity contribution in [3.8, 4) is 0 Å². The molecule has 3 nitrogen and oxygen atoms in total. The standard InChI is InChI=1S/C16H20N2OS/c1-3-17-15-11-12(2)6-7-14(15)16(19)18-9-8-13-5-4-10-20-13/h4-7,10-11,17H,3,8-9H2,1-2H3,(H,18,19). The Morgan fingerprint density at radius 1 is 1.30 bits per heavy atom. The van der Waals surface area contributed by atoms with Crippen molar-refractivity contribution in [2.45, 2.75) is 20.3 Å². The van der Waals surface area contributed by atoms with Crippen molar-refractivity contribution < 1.29 is 4.79 Å². The molecule has 0 spiro atoms. The predicted molar refractivity (Wildman–Crippen MR) is 85.7 cm³/mol. The van der Waals surface area contributed by atoms with Crippen LogP contribution in [0.1, 0.15) is 27.7 Å². The van der Waals surface area contributed by atoms with E-state index in [0.29, 0.717) is 12.1 Å². The average molecular weight is 288 g/mol. The highest BCUT2D eigenvalue weighted by Gasteiger charge is 2.10. The molecule has 0 aliphatic heterocycles. The van der Waals surface area contributed by atoms with E-state index in [4.69, 9.17) is 0 Å². The zero-order valence-electron chi connectivity index (χ0n) is 11.9. The van der Waals surface area contributed by atoms with Crippen LogP contribution in [0.15, 0.2) is 35.7 Å². The molecule has 1 aromatic carbocycles. The van der Waals surface area contributed by atoms with Crippen LogP contribution in [0, 0.1) is 6.92 Å². The lowest BCUT2D eigenvalue weighted by molar-refractivity contribution is 0.0955. The van der Waals surface area contributed by atoms with Gasteiger partial charge in [0.05, 0.1) is 5.56 Å². The quantitative estimate of drug-likeness (QED) is 0.854. The number of hydrogen-bond acceptors (Lipinski definition) is 3. The van der Waals surface area contributed by atoms with Crippen molar-refractivity contribution in [1.29, 1.82) is 0 Å². The summed E-state index contributed by atoms with van der Waals surface area (Å²) in [4.78, 5) is 13.5. The number of thiophene rings is 1. The van der Waals surface area contributed by atoms with Crippen LogP contribution in [-0.2, 0) is 6.42 Å². The van der Waals surface area contributed by atoms with Gasteiger partial charge in [-0.1, -0.05) is 12.1 Å². The summed E-state index contributed by atoms with van der Waals surface area (Å²) in [7, 11) is 0. The second-order valence-electron chi connectivity index (χ2n) is 4.66. The number of carbonyl (C=O) groups excluding carboxylic acids is 1. The highest BCUT2D eigenvalue weighted by atomic mass is 32.1. The van der Waals surface area contributed by atoms with Crippen molar-refractivity contribution in [3.63, 3.8) is 0 Å². The van der Waals surface area contributed by atoms with E-state index in [1.54, 1.807) is 11.3 Å². The molecular formula is C16H20N2OS. The topological polar surface area (TPSA) is 41.1 Å². The maximum atomic E-state index is 12.2. The number of nitrogens with one attached hydrogen (secondary N) is 2. The van der Waals surface area contributed by atoms with E-state index in [1.807, 2.05) is 38.1 Å². The predicted octanol–water partition coefficient (Wildman–Crippen LogP) is 3.46. The molecule has 0 aliphatic carbocycles. The van der Waals surface area contributed by atoms with Crippen LogP contribution in [0.2, 0.25) is 0 Å². The Kier molecular flexibility index (Phi) is 5.18. The first-order valence-electron chi connectivity index (χ1n) is 6.86. The van der Waals surface area contributed by atoms with Crippen molar-refractivity contribution in [2.24, 2.45) is 0 Å². The third-order valence-corrected chi connectivity index (χ3v) is 3.96. The zero-order chi connectivity index (χ0) is 14.4. The van der Waals surface area contributed by atoms with E-state index in [9.17, 15) is 4.79 Å². The highest BCUT2D eigenvalue weighted by Crippen LogP contribution is 2.17. The van der Waals surface area contributed by atoms with Gasteiger partial charge >= 0.3 is 0 Å². The van der Waals surface area contributed by atoms with Crippen LogP contribution < -0.4 is 10.6 Å². The molecule has 0 unspecified atom stereocenters. The average Bonchev–Trinajstić information content (AvgIpc) is 2.92. The van der Waals surface area contributed by atoms with Gasteiger partial charge in [0.2, 0.25) is 0 Å². The van der Waals surface area contributed by atoms with E-state index < -0.39 is 0 Å². The fourth-order valence-electron chi connectivity index (χ4n) is 2.04. The molecule has 20 heavy (non-hydrogen) atoms. The lowest BCUT2D eigenvalue weighted by atomic mass is 10.1. The molecule has 2 rings (SSSR count). The largest absolute Gasteiger partial charge is 0.385 e. The van der Waals surface area contributed by atoms with Gasteiger partial charge in [-0.2, -0.15) is 0 Å². The Morgan fingerprint density at radius 2 is 2.15 bits per heavy atom. The van der Waals surface area contributed by atoms with Gasteiger partial charge in [-0.05, 0) is 49.4 Å². The molecule has 0 bridgehead atoms. The van der Waals surface area contributed by atoms with E-state index in [-0.39, 0.29) is 5.91 Å². The Balaban J connectivity index is 1.97. The van der Waals surface area contributed by atoms with Crippen molar-refractivity contribution in [1.82, 2.24) is 5.32 Å². The monoisotopic (exact) mass is 288 g/mol. The fourth-order valence-corrected chi connectivity index (χ4v) is 2.75. The van der Waals surface area contributed by atoms with E-state index in [2.05, 4.69) is 22.1 Å². The third kappa shape index (κ3) is 3.84. The van der Waals surface area contributed by atoms with Crippen molar-refractivity contribution >= 4 is 22.9 Å². The Bertz CT molecular complexity index is 564. The van der Waals surface area contributed by atoms with Crippen LogP contribution in [0.25, 0.3) is 0 Å². The number of amides is 1. The normalized spacial score (nSPS) is 10.3. The molecule has 1 heterocycles. The second kappa shape index (κ2) is 7.10. The molecule has 0 fully saturated rings. The van der Waals surface area contributed by atoms with Crippen molar-refractivity contribution in [3.05, 3.63) is 51.7 Å². The van der Waals surface area contributed by atoms with Crippen LogP contribution >= 0.6 is 11.3 Å². The lowest BCUT2D eigenvalue weighted by Crippen LogP contribution is -2.26. The summed E-state index contributed by atoms with van der Waals surface area (Å²) >= 11 is 1.72. The molecule has 0 saturated carbocycles. The summed E-state index contributed by atoms with van der Waals surface area (Å²) in [6.45, 7) is 5.53. The van der Waals surface area contributed by atoms with Gasteiger partial charge in [0.15, 0.2) is 0 Å². The van der Waals surface area contributed by atoms with E-state index in [1.165, 1.54) is 4.88 Å². The molecule has 2 aromatic rings. The minimum Gasteiger partial charge on any atom is -0.385 e. The van der Waals surface area contributed by atoms with E-state index >= 15 is 0 Å². The third-order valence-electron chi connectivity index (χ3n) is 3.02. The fraction of sp³-hybridized carbons (Fsp3) is 0.312. The second-order valence-corrected chi connectivity index (χ2v) is 5.70. The SMILES string of the molecule is CCNc1cc(C)ccc1C(=O)NCCc1cccs1. The molecule has 0 radical (unpaired) electrons. The Morgan fingerprint density at radius 3 is 2.85 bits per heavy atom. The zero-order valence-corrected chi connectivity index (χ0v) is 12.7. The summed E-state index contributed by atoms with van der Waals surface area (Å²) in [6, 6.07) is 9.98. The molecule has 0 saturated heterocycles. The van der Waals surface area contributed by atoms with Gasteiger partial charge in [-0.3, -0.25) is 4.79 Å². The minimum absolute atomic E-state index is 0.0162. The van der Waals surface area contributed by atoms with Gasteiger partial charge < -0.3 is 10.6 Å². The number of rotatable bonds is 6. The van der Waals surface area contributed by atoms with Gasteiger partial charge in [0.25, 0.3) is 5.91 Å². The molecule has 4 heteroatoms. The first-order chi connectivity index (χ1) is 9.70. The lowest BCUT2D eigenvalue weighted by Gasteiger charge is -2.12. The number of benzene rings is 1. The number of anilines is 1. The van der Waals surface area contributed by atoms with Gasteiger partial charge in [-0.25, -0.2) is 0 Å². The highest BCUT2D eigenvalue weighted by molar-refractivity contribution is 7.09. The van der Waals surface area contributed by atoms with Gasteiger partial charge in [-0.15, -0.1) is 11.3 Å². The number of aryl methyl sites for hydroxylation is 1. The van der Waals surface area contributed by atoms with Crippen LogP contribution in [0.5, 0.6) is 0 Å². The molecule has 0 atom stereocenters. The Labute approximate surface area is 124 Å². The van der Waals surface area contributed by atoms with E-state index in [0.717, 1.165) is 24.2 Å². The molecule has 106 valence electrons. The molecule has 2 N–H and O–H groups in total. The number of hydrogen-bond donors (Lipinski definition) is 2. The molecule has 1 amide bonds. The number of carbonyl (C=O) groups is 1. The summed E-state index contributed by atoms with van der Waals surface area (Å²) < 4.78 is 0. The Hall–Kier alpha value is -1.81. The summed E-state index contributed by atoms with van der Waals surface area (Å²) in [6.07, 6.45) is 0.881. The summed E-state index contributed by atoms with van der Waals surface area (Å²) in [5.41, 5.74) is 2.76. The smallest absolute Gasteiger partial charge is 0.253 e. The maximum Gasteiger partial charge on any atom is 0.253 e. The summed E-state index contributed by atoms with van der Waals surface area (Å²) in [5.74, 6) is -0.0162. The van der Waals surface area contributed by atoms with Crippen LogP contribution in [0.3, 0.4) is 0 Å². The van der Waals surface area contributed by atoms with Gasteiger partial charge in [0, 0.05) is 23.7 Å².